The fourth-order valence-electron chi connectivity index (χ4n) is 16.2. The van der Waals surface area contributed by atoms with Gasteiger partial charge in [0.15, 0.2) is 11.6 Å². The maximum atomic E-state index is 5.51. The molecule has 8 heteroatoms. The highest BCUT2D eigenvalue weighted by molar-refractivity contribution is 7.27. The summed E-state index contributed by atoms with van der Waals surface area (Å²) >= 11 is 3.71. The van der Waals surface area contributed by atoms with Crippen LogP contribution in [0.2, 0.25) is 0 Å². The lowest BCUT2D eigenvalue weighted by Gasteiger charge is -2.14. The Morgan fingerprint density at radius 2 is 0.447 bits per heavy atom. The van der Waals surface area contributed by atoms with Gasteiger partial charge >= 0.3 is 0 Å². The minimum absolute atomic E-state index is 0.680. The lowest BCUT2D eigenvalue weighted by atomic mass is 9.94. The second kappa shape index (κ2) is 29.0. The van der Waals surface area contributed by atoms with Crippen LogP contribution in [-0.2, 0) is 0 Å². The monoisotopic (exact) mass is 1490 g/mol. The number of aromatic nitrogens is 6. The van der Waals surface area contributed by atoms with Crippen LogP contribution in [-0.4, -0.2) is 29.9 Å². The molecular weight excluding hydrogens is 1420 g/mol. The van der Waals surface area contributed by atoms with Crippen molar-refractivity contribution in [1.29, 1.82) is 0 Å². The quantitative estimate of drug-likeness (QED) is 0.121. The fraction of sp³-hybridized carbons (Fsp3) is 0. The molecule has 0 fully saturated rings. The first-order valence-electron chi connectivity index (χ1n) is 38.4. The normalized spacial score (nSPS) is 11.5. The van der Waals surface area contributed by atoms with Gasteiger partial charge in [-0.05, 0) is 102 Å². The Morgan fingerprint density at radius 3 is 0.851 bits per heavy atom. The Balaban J connectivity index is 0.000000146. The number of rotatable bonds is 12. The van der Waals surface area contributed by atoms with E-state index in [2.05, 4.69) is 352 Å². The average molecular weight is 1490 g/mol. The number of fused-ring (bicyclic) bond motifs is 12. The highest BCUT2D eigenvalue weighted by Gasteiger charge is 2.24. The van der Waals surface area contributed by atoms with Crippen molar-refractivity contribution >= 4 is 106 Å². The molecule has 0 amide bonds. The van der Waals surface area contributed by atoms with Gasteiger partial charge in [-0.15, -0.1) is 22.7 Å². The summed E-state index contributed by atoms with van der Waals surface area (Å²) in [6.45, 7) is 0. The van der Waals surface area contributed by atoms with Crippen molar-refractivity contribution in [2.24, 2.45) is 0 Å². The molecule has 0 saturated carbocycles. The summed E-state index contributed by atoms with van der Waals surface area (Å²) in [5.74, 6) is 1.39. The number of pyridine rings is 2. The Morgan fingerprint density at radius 1 is 0.175 bits per heavy atom. The van der Waals surface area contributed by atoms with Crippen LogP contribution < -0.4 is 0 Å². The van der Waals surface area contributed by atoms with E-state index < -0.39 is 0 Å². The highest BCUT2D eigenvalue weighted by Crippen LogP contribution is 2.49. The van der Waals surface area contributed by atoms with Gasteiger partial charge < -0.3 is 0 Å². The molecule has 6 aromatic heterocycles. The van der Waals surface area contributed by atoms with E-state index in [4.69, 9.17) is 29.9 Å². The van der Waals surface area contributed by atoms with E-state index >= 15 is 0 Å². The summed E-state index contributed by atoms with van der Waals surface area (Å²) in [4.78, 5) is 31.5. The number of hydrogen-bond acceptors (Lipinski definition) is 8. The zero-order valence-electron chi connectivity index (χ0n) is 61.6. The van der Waals surface area contributed by atoms with E-state index in [0.717, 1.165) is 106 Å². The van der Waals surface area contributed by atoms with E-state index in [1.807, 2.05) is 71.2 Å². The van der Waals surface area contributed by atoms with Gasteiger partial charge in [0.05, 0.1) is 45.2 Å². The van der Waals surface area contributed by atoms with Crippen LogP contribution in [0.3, 0.4) is 0 Å². The number of benzene rings is 16. The van der Waals surface area contributed by atoms with Gasteiger partial charge in [0.2, 0.25) is 0 Å². The summed E-state index contributed by atoms with van der Waals surface area (Å²) in [5.41, 5.74) is 25.3. The third kappa shape index (κ3) is 12.5. The van der Waals surface area contributed by atoms with Crippen molar-refractivity contribution in [1.82, 2.24) is 29.9 Å². The molecule has 0 atom stereocenters. The molecule has 0 saturated heterocycles. The highest BCUT2D eigenvalue weighted by atomic mass is 32.1. The first kappa shape index (κ1) is 67.6. The molecule has 0 unspecified atom stereocenters. The Hall–Kier alpha value is -14.5. The van der Waals surface area contributed by atoms with Crippen molar-refractivity contribution in [3.63, 3.8) is 0 Å². The van der Waals surface area contributed by atoms with E-state index in [-0.39, 0.29) is 0 Å². The van der Waals surface area contributed by atoms with Gasteiger partial charge in [0, 0.05) is 95.6 Å². The lowest BCUT2D eigenvalue weighted by Crippen LogP contribution is -1.96. The Kier molecular flexibility index (Phi) is 17.2. The summed E-state index contributed by atoms with van der Waals surface area (Å²) in [6.07, 6.45) is 0. The maximum Gasteiger partial charge on any atom is 0.160 e. The van der Waals surface area contributed by atoms with E-state index in [9.17, 15) is 0 Å². The second-order valence-electron chi connectivity index (χ2n) is 28.7. The van der Waals surface area contributed by atoms with Crippen LogP contribution in [0.25, 0.3) is 219 Å². The molecule has 0 radical (unpaired) electrons. The molecule has 0 aliphatic heterocycles. The van der Waals surface area contributed by atoms with Crippen LogP contribution in [0.5, 0.6) is 0 Å². The third-order valence-electron chi connectivity index (χ3n) is 21.8. The predicted octanol–water partition coefficient (Wildman–Crippen LogP) is 29.1. The van der Waals surface area contributed by atoms with Gasteiger partial charge in [-0.2, -0.15) is 0 Å². The molecule has 532 valence electrons. The molecule has 0 aliphatic rings. The van der Waals surface area contributed by atoms with Crippen molar-refractivity contribution in [2.45, 2.75) is 0 Å². The van der Waals surface area contributed by atoms with E-state index in [1.54, 1.807) is 0 Å². The van der Waals surface area contributed by atoms with Crippen molar-refractivity contribution in [3.05, 3.63) is 400 Å². The van der Waals surface area contributed by atoms with Crippen molar-refractivity contribution < 1.29 is 0 Å². The molecule has 0 bridgehead atoms. The minimum atomic E-state index is 0.680. The molecule has 114 heavy (non-hydrogen) atoms. The SMILES string of the molecule is c1ccc(-c2cc(-c3ccc(-c4cccc5nc(-c6cccc7ccccc67)c6c7ccccc7sc6c45)cc3)nc(-c3ccccc3)n2)cc1.c1ccc(-c2ccc(-c3cc(-c4ccc(-c5ccccc5)cc4)nc(-c4ccc(-c5cccc6nc(-c7cccc8ccccc78)c7c8ccccc8sc7c56)cc4)n3)cc2)cc1. The zero-order valence-corrected chi connectivity index (χ0v) is 63.2. The van der Waals surface area contributed by atoms with Crippen LogP contribution in [0.4, 0.5) is 0 Å². The average Bonchev–Trinajstić information content (AvgIpc) is 1.54. The van der Waals surface area contributed by atoms with E-state index in [1.165, 1.54) is 100 Å². The largest absolute Gasteiger partial charge is 0.247 e. The van der Waals surface area contributed by atoms with Crippen LogP contribution >= 0.6 is 22.7 Å². The van der Waals surface area contributed by atoms with Gasteiger partial charge in [-0.1, -0.05) is 364 Å². The molecular formula is C106H66N6S2. The molecule has 6 nitrogen and oxygen atoms in total. The smallest absolute Gasteiger partial charge is 0.160 e. The van der Waals surface area contributed by atoms with Gasteiger partial charge in [-0.3, -0.25) is 0 Å². The van der Waals surface area contributed by atoms with Gasteiger partial charge in [-0.25, -0.2) is 29.9 Å². The molecule has 0 N–H and O–H groups in total. The number of nitrogens with zero attached hydrogens (tertiary/aromatic N) is 6. The van der Waals surface area contributed by atoms with Crippen LogP contribution in [0, 0.1) is 0 Å². The molecule has 6 heterocycles. The molecule has 22 aromatic rings. The van der Waals surface area contributed by atoms with Crippen molar-refractivity contribution in [3.8, 4) is 135 Å². The number of thiophene rings is 2. The lowest BCUT2D eigenvalue weighted by molar-refractivity contribution is 1.18. The minimum Gasteiger partial charge on any atom is -0.247 e. The Bertz CT molecular complexity index is 7250. The first-order valence-corrected chi connectivity index (χ1v) is 40.0. The molecule has 16 aromatic carbocycles. The topological polar surface area (TPSA) is 77.3 Å². The Labute approximate surface area is 666 Å². The van der Waals surface area contributed by atoms with Gasteiger partial charge in [0.1, 0.15) is 0 Å². The second-order valence-corrected chi connectivity index (χ2v) is 30.8. The van der Waals surface area contributed by atoms with Crippen LogP contribution in [0.15, 0.2) is 400 Å². The molecule has 0 spiro atoms. The number of hydrogen-bond donors (Lipinski definition) is 0. The van der Waals surface area contributed by atoms with Crippen LogP contribution in [0.1, 0.15) is 0 Å². The summed E-state index contributed by atoms with van der Waals surface area (Å²) in [7, 11) is 0. The third-order valence-corrected chi connectivity index (χ3v) is 24.2. The maximum absolute atomic E-state index is 5.51. The molecule has 22 rings (SSSR count). The standard InChI is InChI=1S/C59H37N3S.C47H29N3S/c1-3-13-38(14-4-1)40-25-31-44(32-26-40)52-37-53(45-33-27-41(28-34-45)39-15-5-2-6-16-39)62-59(61-52)46-35-29-43(30-36-46)48-21-12-23-51-55(48)58-56(50-20-9-10-24-54(50)63-58)57(60-51)49-22-11-18-42-17-7-8-19-47(42)49;1-3-14-32(15-4-1)40-29-41(50-47(49-40)34-16-5-2-6-17-34)33-27-25-31(26-28-33)36-21-12-23-39-43(36)46-44(38-20-9-10-24-42(38)51-46)45(48-39)37-22-11-18-30-13-7-8-19-35(30)37/h1-37H;1-29H. The fourth-order valence-corrected chi connectivity index (χ4v) is 18.8. The predicted molar refractivity (Wildman–Crippen MR) is 481 cm³/mol. The van der Waals surface area contributed by atoms with E-state index in [0.29, 0.717) is 11.6 Å². The first-order chi connectivity index (χ1) is 56.5. The molecule has 0 aliphatic carbocycles. The summed E-state index contributed by atoms with van der Waals surface area (Å²) in [5, 5.41) is 12.1. The summed E-state index contributed by atoms with van der Waals surface area (Å²) in [6, 6.07) is 141. The van der Waals surface area contributed by atoms with Gasteiger partial charge in [0.25, 0.3) is 0 Å². The van der Waals surface area contributed by atoms with Crippen molar-refractivity contribution in [2.75, 3.05) is 0 Å². The summed E-state index contributed by atoms with van der Waals surface area (Å²) < 4.78 is 5.03. The zero-order chi connectivity index (χ0) is 75.4.